The number of para-hydroxylation sites is 2. The molecule has 0 heterocycles. The first kappa shape index (κ1) is 41.7. The van der Waals surface area contributed by atoms with E-state index in [4.69, 9.17) is 8.37 Å². The number of nitro benzene ring substituents is 4. The summed E-state index contributed by atoms with van der Waals surface area (Å²) in [5, 5.41) is 46.9. The zero-order valence-electron chi connectivity index (χ0n) is 30.6. The van der Waals surface area contributed by atoms with Crippen LogP contribution in [0.4, 0.5) is 34.1 Å². The maximum absolute atomic E-state index is 13.0. The standard InChI is InChI=1S/2C18H15N3O7S/c2*1-19(2)14-8-3-7-13-12(14)6-4-11-17(13)29(26,27)28-18-15(20(22)23)9-5-10-16(18)21(24)25/h2*3-11H,1-2H3. The van der Waals surface area contributed by atoms with E-state index >= 15 is 0 Å². The molecule has 20 nitrogen and oxygen atoms in total. The highest BCUT2D eigenvalue weighted by Gasteiger charge is 2.34. The Bertz CT molecular complexity index is 2610. The Labute approximate surface area is 328 Å². The predicted molar refractivity (Wildman–Crippen MR) is 212 cm³/mol. The Kier molecular flexibility index (Phi) is 11.7. The molecule has 0 aliphatic carbocycles. The molecule has 0 aromatic heterocycles. The minimum Gasteiger partial charge on any atom is -0.377 e. The lowest BCUT2D eigenvalue weighted by Crippen LogP contribution is -2.13. The molecule has 0 saturated heterocycles. The molecule has 0 spiro atoms. The number of anilines is 2. The molecule has 0 bridgehead atoms. The van der Waals surface area contributed by atoms with Gasteiger partial charge in [0.15, 0.2) is 0 Å². The first-order valence-electron chi connectivity index (χ1n) is 16.4. The van der Waals surface area contributed by atoms with Crippen LogP contribution in [0.2, 0.25) is 0 Å². The monoisotopic (exact) mass is 834 g/mol. The van der Waals surface area contributed by atoms with Crippen molar-refractivity contribution in [2.24, 2.45) is 0 Å². The summed E-state index contributed by atoms with van der Waals surface area (Å²) in [7, 11) is -2.06. The van der Waals surface area contributed by atoms with E-state index in [2.05, 4.69) is 0 Å². The molecule has 0 fully saturated rings. The van der Waals surface area contributed by atoms with Gasteiger partial charge in [0.1, 0.15) is 9.79 Å². The van der Waals surface area contributed by atoms with Gasteiger partial charge in [-0.25, -0.2) is 0 Å². The maximum Gasteiger partial charge on any atom is 0.340 e. The molecule has 0 unspecified atom stereocenters. The van der Waals surface area contributed by atoms with Crippen molar-refractivity contribution < 1.29 is 44.9 Å². The molecule has 6 rings (SSSR count). The zero-order chi connectivity index (χ0) is 42.7. The summed E-state index contributed by atoms with van der Waals surface area (Å²) in [6, 6.07) is 24.9. The second-order valence-electron chi connectivity index (χ2n) is 12.4. The largest absolute Gasteiger partial charge is 0.377 e. The first-order valence-corrected chi connectivity index (χ1v) is 19.2. The Morgan fingerprint density at radius 3 is 0.948 bits per heavy atom. The molecule has 0 aliphatic heterocycles. The molecule has 0 saturated carbocycles. The van der Waals surface area contributed by atoms with Crippen molar-refractivity contribution in [3.05, 3.63) is 150 Å². The molecule has 6 aromatic carbocycles. The Hall–Kier alpha value is -7.46. The van der Waals surface area contributed by atoms with Gasteiger partial charge in [-0.3, -0.25) is 40.5 Å². The van der Waals surface area contributed by atoms with Crippen LogP contribution >= 0.6 is 0 Å². The predicted octanol–water partition coefficient (Wildman–Crippen LogP) is 6.98. The van der Waals surface area contributed by atoms with E-state index in [0.717, 1.165) is 47.8 Å². The lowest BCUT2D eigenvalue weighted by atomic mass is 10.1. The van der Waals surface area contributed by atoms with Gasteiger partial charge in [0, 0.05) is 85.4 Å². The Morgan fingerprint density at radius 2 is 0.672 bits per heavy atom. The van der Waals surface area contributed by atoms with Gasteiger partial charge in [-0.1, -0.05) is 48.5 Å². The average molecular weight is 835 g/mol. The van der Waals surface area contributed by atoms with Gasteiger partial charge in [-0.15, -0.1) is 0 Å². The molecule has 300 valence electrons. The molecule has 0 atom stereocenters. The summed E-state index contributed by atoms with van der Waals surface area (Å²) < 4.78 is 61.8. The molecule has 58 heavy (non-hydrogen) atoms. The van der Waals surface area contributed by atoms with E-state index < -0.39 is 74.2 Å². The maximum atomic E-state index is 13.0. The van der Waals surface area contributed by atoms with Crippen molar-refractivity contribution in [1.82, 2.24) is 0 Å². The van der Waals surface area contributed by atoms with Gasteiger partial charge in [0.2, 0.25) is 0 Å². The van der Waals surface area contributed by atoms with Crippen LogP contribution in [0.15, 0.2) is 119 Å². The molecule has 0 radical (unpaired) electrons. The SMILES string of the molecule is CN(C)c1cccc2c(S(=O)(=O)Oc3c([N+](=O)[O-])cccc3[N+](=O)[O-])cccc12.CN(C)c1cccc2c(S(=O)(=O)Oc3c([N+](=O)[O-])cccc3[N+](=O)[O-])cccc12. The van der Waals surface area contributed by atoms with Crippen LogP contribution in [0.25, 0.3) is 21.5 Å². The van der Waals surface area contributed by atoms with E-state index in [1.165, 1.54) is 24.3 Å². The van der Waals surface area contributed by atoms with E-state index in [1.54, 1.807) is 86.5 Å². The van der Waals surface area contributed by atoms with Crippen molar-refractivity contribution in [1.29, 1.82) is 0 Å². The summed E-state index contributed by atoms with van der Waals surface area (Å²) in [5.41, 5.74) is -1.80. The van der Waals surface area contributed by atoms with Crippen LogP contribution in [0.1, 0.15) is 0 Å². The van der Waals surface area contributed by atoms with Crippen LogP contribution in [0, 0.1) is 40.5 Å². The second-order valence-corrected chi connectivity index (χ2v) is 15.4. The van der Waals surface area contributed by atoms with Gasteiger partial charge >= 0.3 is 43.0 Å². The number of hydrogen-bond donors (Lipinski definition) is 0. The van der Waals surface area contributed by atoms with Crippen molar-refractivity contribution in [3.8, 4) is 11.5 Å². The number of rotatable bonds is 12. The molecule has 0 amide bonds. The van der Waals surface area contributed by atoms with Crippen molar-refractivity contribution >= 4 is 75.9 Å². The summed E-state index contributed by atoms with van der Waals surface area (Å²) in [5.74, 6) is -1.88. The quantitative estimate of drug-likeness (QED) is 0.0683. The fourth-order valence-corrected chi connectivity index (χ4v) is 8.17. The van der Waals surface area contributed by atoms with Crippen LogP contribution in [-0.2, 0) is 20.2 Å². The Balaban J connectivity index is 0.000000221. The number of nitrogens with zero attached hydrogens (tertiary/aromatic N) is 6. The number of nitro groups is 4. The zero-order valence-corrected chi connectivity index (χ0v) is 32.2. The number of benzene rings is 6. The molecule has 0 N–H and O–H groups in total. The fourth-order valence-electron chi connectivity index (χ4n) is 5.83. The normalized spacial score (nSPS) is 11.2. The lowest BCUT2D eigenvalue weighted by Gasteiger charge is -2.17. The van der Waals surface area contributed by atoms with Crippen LogP contribution in [-0.4, -0.2) is 64.7 Å². The van der Waals surface area contributed by atoms with E-state index in [0.29, 0.717) is 21.5 Å². The minimum absolute atomic E-state index is 0.258. The van der Waals surface area contributed by atoms with E-state index in [1.807, 2.05) is 0 Å². The minimum atomic E-state index is -4.62. The van der Waals surface area contributed by atoms with Gasteiger partial charge in [-0.2, -0.15) is 16.8 Å². The third-order valence-electron chi connectivity index (χ3n) is 8.34. The van der Waals surface area contributed by atoms with E-state index in [-0.39, 0.29) is 9.79 Å². The average Bonchev–Trinajstić information content (AvgIpc) is 3.16. The summed E-state index contributed by atoms with van der Waals surface area (Å²) in [6.45, 7) is 0. The summed E-state index contributed by atoms with van der Waals surface area (Å²) >= 11 is 0. The molecule has 0 aliphatic rings. The lowest BCUT2D eigenvalue weighted by molar-refractivity contribution is -0.395. The van der Waals surface area contributed by atoms with Crippen LogP contribution in [0.5, 0.6) is 11.5 Å². The second kappa shape index (κ2) is 16.3. The first-order chi connectivity index (χ1) is 27.3. The third-order valence-corrected chi connectivity index (χ3v) is 10.9. The highest BCUT2D eigenvalue weighted by Crippen LogP contribution is 2.41. The highest BCUT2D eigenvalue weighted by molar-refractivity contribution is 7.87. The van der Waals surface area contributed by atoms with Gasteiger partial charge in [0.25, 0.3) is 11.5 Å². The number of fused-ring (bicyclic) bond motifs is 2. The third kappa shape index (κ3) is 8.36. The Morgan fingerprint density at radius 1 is 0.414 bits per heavy atom. The van der Waals surface area contributed by atoms with Crippen LogP contribution < -0.4 is 18.2 Å². The van der Waals surface area contributed by atoms with Crippen molar-refractivity contribution in [3.63, 3.8) is 0 Å². The van der Waals surface area contributed by atoms with Gasteiger partial charge in [0.05, 0.1) is 19.7 Å². The van der Waals surface area contributed by atoms with Crippen molar-refractivity contribution in [2.45, 2.75) is 9.79 Å². The highest BCUT2D eigenvalue weighted by atomic mass is 32.2. The van der Waals surface area contributed by atoms with Crippen LogP contribution in [0.3, 0.4) is 0 Å². The van der Waals surface area contributed by atoms with E-state index in [9.17, 15) is 57.3 Å². The van der Waals surface area contributed by atoms with Gasteiger partial charge < -0.3 is 18.2 Å². The topological polar surface area (TPSA) is 266 Å². The summed E-state index contributed by atoms with van der Waals surface area (Å²) in [4.78, 5) is 44.3. The summed E-state index contributed by atoms with van der Waals surface area (Å²) in [6.07, 6.45) is 0. The number of hydrogen-bond acceptors (Lipinski definition) is 16. The van der Waals surface area contributed by atoms with Gasteiger partial charge in [-0.05, 0) is 36.4 Å². The molecular formula is C36H30N6O14S2. The molecule has 22 heteroatoms. The fraction of sp³-hybridized carbons (Fsp3) is 0.111. The van der Waals surface area contributed by atoms with Crippen molar-refractivity contribution in [2.75, 3.05) is 38.0 Å². The molecular weight excluding hydrogens is 805 g/mol. The molecule has 6 aromatic rings. The smallest absolute Gasteiger partial charge is 0.340 e.